The topological polar surface area (TPSA) is 59.1 Å². The first-order valence-corrected chi connectivity index (χ1v) is 11.0. The summed E-state index contributed by atoms with van der Waals surface area (Å²) in [6.45, 7) is 4.07. The van der Waals surface area contributed by atoms with Crippen molar-refractivity contribution in [3.05, 3.63) is 59.7 Å². The van der Waals surface area contributed by atoms with E-state index in [9.17, 15) is 9.59 Å². The van der Waals surface area contributed by atoms with Crippen LogP contribution in [0.25, 0.3) is 0 Å². The minimum absolute atomic E-state index is 0.0780. The van der Waals surface area contributed by atoms with Gasteiger partial charge >= 0.3 is 0 Å². The van der Waals surface area contributed by atoms with Gasteiger partial charge in [-0.05, 0) is 24.6 Å². The normalized spacial score (nSPS) is 14.9. The number of ether oxygens (including phenoxy) is 2. The Morgan fingerprint density at radius 2 is 1.50 bits per heavy atom. The molecule has 1 fully saturated rings. The second kappa shape index (κ2) is 10.4. The average Bonchev–Trinajstić information content (AvgIpc) is 2.81. The van der Waals surface area contributed by atoms with E-state index in [4.69, 9.17) is 9.47 Å². The van der Waals surface area contributed by atoms with Crippen LogP contribution >= 0.6 is 11.8 Å². The number of rotatable bonds is 7. The maximum absolute atomic E-state index is 12.9. The zero-order valence-electron chi connectivity index (χ0n) is 17.7. The Morgan fingerprint density at radius 1 is 0.933 bits per heavy atom. The zero-order valence-corrected chi connectivity index (χ0v) is 18.5. The van der Waals surface area contributed by atoms with Crippen molar-refractivity contribution < 1.29 is 19.1 Å². The Hall–Kier alpha value is -2.67. The summed E-state index contributed by atoms with van der Waals surface area (Å²) in [5.74, 6) is 2.02. The van der Waals surface area contributed by atoms with Gasteiger partial charge < -0.3 is 19.3 Å². The molecule has 160 valence electrons. The third kappa shape index (κ3) is 5.48. The fourth-order valence-electron chi connectivity index (χ4n) is 3.37. The number of amides is 2. The van der Waals surface area contributed by atoms with Gasteiger partial charge in [0.2, 0.25) is 5.91 Å². The van der Waals surface area contributed by atoms with Crippen LogP contribution in [0.1, 0.15) is 22.8 Å². The number of methoxy groups -OCH3 is 2. The van der Waals surface area contributed by atoms with Crippen molar-refractivity contribution in [2.45, 2.75) is 17.9 Å². The molecular weight excluding hydrogens is 400 g/mol. The van der Waals surface area contributed by atoms with Crippen molar-refractivity contribution >= 4 is 23.6 Å². The molecule has 1 heterocycles. The Kier molecular flexibility index (Phi) is 7.63. The molecule has 2 aromatic carbocycles. The quantitative estimate of drug-likeness (QED) is 0.677. The highest BCUT2D eigenvalue weighted by Gasteiger charge is 2.28. The van der Waals surface area contributed by atoms with Gasteiger partial charge in [-0.25, -0.2) is 0 Å². The summed E-state index contributed by atoms with van der Waals surface area (Å²) >= 11 is 1.64. The van der Waals surface area contributed by atoms with Crippen LogP contribution < -0.4 is 9.47 Å². The lowest BCUT2D eigenvalue weighted by Gasteiger charge is -2.36. The van der Waals surface area contributed by atoms with Crippen molar-refractivity contribution in [1.82, 2.24) is 9.80 Å². The van der Waals surface area contributed by atoms with Crippen molar-refractivity contribution in [3.8, 4) is 11.5 Å². The number of carbonyl (C=O) groups excluding carboxylic acids is 2. The van der Waals surface area contributed by atoms with Gasteiger partial charge in [0.05, 0.1) is 19.5 Å². The molecule has 1 unspecified atom stereocenters. The van der Waals surface area contributed by atoms with E-state index < -0.39 is 0 Å². The van der Waals surface area contributed by atoms with Crippen LogP contribution in [0.3, 0.4) is 0 Å². The lowest BCUT2D eigenvalue weighted by molar-refractivity contribution is -0.131. The highest BCUT2D eigenvalue weighted by atomic mass is 32.2. The van der Waals surface area contributed by atoms with Crippen LogP contribution in [0.5, 0.6) is 11.5 Å². The smallest absolute Gasteiger partial charge is 0.254 e. The van der Waals surface area contributed by atoms with E-state index in [0.29, 0.717) is 43.2 Å². The van der Waals surface area contributed by atoms with Crippen LogP contribution in [0.2, 0.25) is 0 Å². The van der Waals surface area contributed by atoms with Crippen LogP contribution in [0.4, 0.5) is 0 Å². The van der Waals surface area contributed by atoms with E-state index in [1.165, 1.54) is 5.56 Å². The monoisotopic (exact) mass is 428 g/mol. The van der Waals surface area contributed by atoms with Crippen molar-refractivity contribution in [1.29, 1.82) is 0 Å². The molecule has 3 rings (SSSR count). The van der Waals surface area contributed by atoms with Crippen molar-refractivity contribution in [2.24, 2.45) is 0 Å². The Labute approximate surface area is 182 Å². The highest BCUT2D eigenvalue weighted by molar-refractivity contribution is 7.99. The average molecular weight is 429 g/mol. The number of carbonyl (C=O) groups is 2. The number of hydrogen-bond acceptors (Lipinski definition) is 5. The minimum atomic E-state index is -0.116. The van der Waals surface area contributed by atoms with Gasteiger partial charge in [-0.3, -0.25) is 9.59 Å². The largest absolute Gasteiger partial charge is 0.497 e. The Morgan fingerprint density at radius 3 is 2.07 bits per heavy atom. The van der Waals surface area contributed by atoms with Gasteiger partial charge in [0.15, 0.2) is 0 Å². The third-order valence-corrected chi connectivity index (χ3v) is 6.37. The molecule has 2 amide bonds. The summed E-state index contributed by atoms with van der Waals surface area (Å²) in [7, 11) is 3.12. The number of piperazine rings is 1. The summed E-state index contributed by atoms with van der Waals surface area (Å²) < 4.78 is 10.5. The molecule has 0 spiro atoms. The van der Waals surface area contributed by atoms with Crippen LogP contribution in [0, 0.1) is 0 Å². The number of benzene rings is 2. The van der Waals surface area contributed by atoms with E-state index in [2.05, 4.69) is 12.1 Å². The lowest BCUT2D eigenvalue weighted by atomic mass is 10.1. The predicted molar refractivity (Wildman–Crippen MR) is 119 cm³/mol. The molecule has 6 nitrogen and oxygen atoms in total. The maximum atomic E-state index is 12.9. The molecule has 1 aliphatic rings. The molecule has 0 bridgehead atoms. The SMILES string of the molecule is COc1cc(OC)cc(C(=O)N2CCN(C(=O)C(C)SCc3ccccc3)CC2)c1. The second-order valence-corrected chi connectivity index (χ2v) is 8.49. The fourth-order valence-corrected chi connectivity index (χ4v) is 4.29. The van der Waals surface area contributed by atoms with Gasteiger partial charge in [0, 0.05) is 43.6 Å². The van der Waals surface area contributed by atoms with Gasteiger partial charge in [-0.2, -0.15) is 0 Å². The number of hydrogen-bond donors (Lipinski definition) is 0. The van der Waals surface area contributed by atoms with E-state index in [1.54, 1.807) is 49.1 Å². The van der Waals surface area contributed by atoms with Gasteiger partial charge in [-0.1, -0.05) is 30.3 Å². The third-order valence-electron chi connectivity index (χ3n) is 5.17. The van der Waals surface area contributed by atoms with Gasteiger partial charge in [0.1, 0.15) is 11.5 Å². The maximum Gasteiger partial charge on any atom is 0.254 e. The summed E-state index contributed by atoms with van der Waals surface area (Å²) in [4.78, 5) is 29.4. The Balaban J connectivity index is 1.53. The molecule has 7 heteroatoms. The second-order valence-electron chi connectivity index (χ2n) is 7.16. The molecule has 2 aromatic rings. The van der Waals surface area contributed by atoms with Crippen LogP contribution in [0.15, 0.2) is 48.5 Å². The van der Waals surface area contributed by atoms with Gasteiger partial charge in [-0.15, -0.1) is 11.8 Å². The van der Waals surface area contributed by atoms with E-state index in [1.807, 2.05) is 30.0 Å². The zero-order chi connectivity index (χ0) is 21.5. The molecule has 0 radical (unpaired) electrons. The molecular formula is C23H28N2O4S. The summed E-state index contributed by atoms with van der Waals surface area (Å²) in [5, 5.41) is -0.116. The fraction of sp³-hybridized carbons (Fsp3) is 0.391. The molecule has 0 N–H and O–H groups in total. The molecule has 0 aromatic heterocycles. The molecule has 1 aliphatic heterocycles. The molecule has 1 saturated heterocycles. The molecule has 1 atom stereocenters. The first-order valence-electron chi connectivity index (χ1n) is 9.98. The molecule has 30 heavy (non-hydrogen) atoms. The minimum Gasteiger partial charge on any atom is -0.497 e. The van der Waals surface area contributed by atoms with E-state index in [-0.39, 0.29) is 17.1 Å². The van der Waals surface area contributed by atoms with Crippen LogP contribution in [-0.4, -0.2) is 67.3 Å². The first-order chi connectivity index (χ1) is 14.5. The molecule has 0 aliphatic carbocycles. The summed E-state index contributed by atoms with van der Waals surface area (Å²) in [5.41, 5.74) is 1.74. The van der Waals surface area contributed by atoms with E-state index >= 15 is 0 Å². The summed E-state index contributed by atoms with van der Waals surface area (Å²) in [6.07, 6.45) is 0. The summed E-state index contributed by atoms with van der Waals surface area (Å²) in [6, 6.07) is 15.3. The van der Waals surface area contributed by atoms with Crippen molar-refractivity contribution in [3.63, 3.8) is 0 Å². The van der Waals surface area contributed by atoms with Crippen LogP contribution in [-0.2, 0) is 10.5 Å². The van der Waals surface area contributed by atoms with Gasteiger partial charge in [0.25, 0.3) is 5.91 Å². The highest BCUT2D eigenvalue weighted by Crippen LogP contribution is 2.24. The van der Waals surface area contributed by atoms with Crippen molar-refractivity contribution in [2.75, 3.05) is 40.4 Å². The standard InChI is InChI=1S/C23H28N2O4S/c1-17(30-16-18-7-5-4-6-8-18)22(26)24-9-11-25(12-10-24)23(27)19-13-20(28-2)15-21(14-19)29-3/h4-8,13-15,17H,9-12,16H2,1-3H3. The first kappa shape index (κ1) is 22.0. The Bertz CT molecular complexity index is 845. The predicted octanol–water partition coefficient (Wildman–Crippen LogP) is 3.31. The number of thioether (sulfide) groups is 1. The van der Waals surface area contributed by atoms with E-state index in [0.717, 1.165) is 5.75 Å². The molecule has 0 saturated carbocycles. The lowest BCUT2D eigenvalue weighted by Crippen LogP contribution is -2.52. The number of nitrogens with zero attached hydrogens (tertiary/aromatic N) is 2.